The van der Waals surface area contributed by atoms with Crippen molar-refractivity contribution in [3.63, 3.8) is 0 Å². The van der Waals surface area contributed by atoms with E-state index in [-0.39, 0.29) is 12.5 Å². The first-order chi connectivity index (χ1) is 14.1. The molecule has 0 radical (unpaired) electrons. The van der Waals surface area contributed by atoms with Crippen LogP contribution in [0.2, 0.25) is 5.02 Å². The van der Waals surface area contributed by atoms with Gasteiger partial charge in [-0.25, -0.2) is 4.79 Å². The van der Waals surface area contributed by atoms with E-state index >= 15 is 0 Å². The maximum absolute atomic E-state index is 12.3. The predicted octanol–water partition coefficient (Wildman–Crippen LogP) is 4.30. The molecule has 2 aromatic carbocycles. The Morgan fingerprint density at radius 3 is 2.79 bits per heavy atom. The molecule has 8 heteroatoms. The van der Waals surface area contributed by atoms with Crippen molar-refractivity contribution in [2.24, 2.45) is 0 Å². The van der Waals surface area contributed by atoms with Crippen LogP contribution in [0.4, 0.5) is 0 Å². The number of esters is 1. The third-order valence-corrected chi connectivity index (χ3v) is 4.71. The number of hydrogen-bond acceptors (Lipinski definition) is 6. The summed E-state index contributed by atoms with van der Waals surface area (Å²) in [5.41, 5.74) is 3.14. The van der Waals surface area contributed by atoms with Crippen LogP contribution < -0.4 is 0 Å². The molecule has 0 saturated heterocycles. The van der Waals surface area contributed by atoms with Gasteiger partial charge in [0.1, 0.15) is 0 Å². The van der Waals surface area contributed by atoms with Crippen molar-refractivity contribution in [2.75, 3.05) is 0 Å². The molecule has 0 amide bonds. The van der Waals surface area contributed by atoms with Crippen LogP contribution in [0.15, 0.2) is 65.4 Å². The number of hydrogen-bond donors (Lipinski definition) is 0. The van der Waals surface area contributed by atoms with Crippen molar-refractivity contribution < 1.29 is 14.1 Å². The summed E-state index contributed by atoms with van der Waals surface area (Å²) in [5.74, 6) is 0.160. The second-order valence-corrected chi connectivity index (χ2v) is 6.83. The summed E-state index contributed by atoms with van der Waals surface area (Å²) in [6.07, 6.45) is 3.06. The molecule has 4 aromatic rings. The van der Waals surface area contributed by atoms with E-state index in [0.29, 0.717) is 23.0 Å². The van der Waals surface area contributed by atoms with Crippen LogP contribution in [0.25, 0.3) is 11.4 Å². The maximum atomic E-state index is 12.3. The number of nitrogens with zero attached hydrogens (tertiary/aromatic N) is 4. The summed E-state index contributed by atoms with van der Waals surface area (Å²) >= 11 is 6.16. The maximum Gasteiger partial charge on any atom is 0.341 e. The molecule has 29 heavy (non-hydrogen) atoms. The van der Waals surface area contributed by atoms with Crippen molar-refractivity contribution in [2.45, 2.75) is 20.1 Å². The third kappa shape index (κ3) is 4.35. The first-order valence-electron chi connectivity index (χ1n) is 8.92. The summed E-state index contributed by atoms with van der Waals surface area (Å²) in [5, 5.41) is 8.78. The highest BCUT2D eigenvalue weighted by molar-refractivity contribution is 6.31. The van der Waals surface area contributed by atoms with Gasteiger partial charge in [0.25, 0.3) is 5.89 Å². The normalized spacial score (nSPS) is 10.8. The fourth-order valence-electron chi connectivity index (χ4n) is 2.81. The fraction of sp³-hybridized carbons (Fsp3) is 0.143. The molecular formula is C21H17ClN4O3. The molecule has 0 spiro atoms. The lowest BCUT2D eigenvalue weighted by Crippen LogP contribution is -2.05. The number of ether oxygens (including phenoxy) is 1. The number of aromatic nitrogens is 4. The SMILES string of the molecule is Cc1ccccc1-c1noc(COC(=O)c2cnn(Cc3ccccc3Cl)c2)n1. The minimum absolute atomic E-state index is 0.118. The summed E-state index contributed by atoms with van der Waals surface area (Å²) in [6.45, 7) is 2.30. The van der Waals surface area contributed by atoms with E-state index in [9.17, 15) is 4.79 Å². The standard InChI is InChI=1S/C21H17ClN4O3/c1-14-6-2-4-8-17(14)20-24-19(29-25-20)13-28-21(27)16-10-23-26(12-16)11-15-7-3-5-9-18(15)22/h2-10,12H,11,13H2,1H3. The van der Waals surface area contributed by atoms with Crippen LogP contribution >= 0.6 is 11.6 Å². The van der Waals surface area contributed by atoms with Crippen molar-refractivity contribution in [3.05, 3.63) is 88.5 Å². The topological polar surface area (TPSA) is 83.0 Å². The van der Waals surface area contributed by atoms with Gasteiger partial charge >= 0.3 is 5.97 Å². The van der Waals surface area contributed by atoms with Gasteiger partial charge in [-0.2, -0.15) is 10.1 Å². The van der Waals surface area contributed by atoms with Crippen molar-refractivity contribution >= 4 is 17.6 Å². The number of aryl methyl sites for hydroxylation is 1. The van der Waals surface area contributed by atoms with Crippen LogP contribution in [0.1, 0.15) is 27.4 Å². The molecule has 4 rings (SSSR count). The molecule has 0 atom stereocenters. The van der Waals surface area contributed by atoms with Gasteiger partial charge < -0.3 is 9.26 Å². The lowest BCUT2D eigenvalue weighted by atomic mass is 10.1. The third-order valence-electron chi connectivity index (χ3n) is 4.34. The van der Waals surface area contributed by atoms with E-state index in [1.165, 1.54) is 6.20 Å². The Bertz CT molecular complexity index is 1150. The summed E-state index contributed by atoms with van der Waals surface area (Å²) < 4.78 is 12.1. The Morgan fingerprint density at radius 1 is 1.17 bits per heavy atom. The molecule has 0 aliphatic carbocycles. The molecule has 7 nitrogen and oxygen atoms in total. The van der Waals surface area contributed by atoms with Gasteiger partial charge in [0.05, 0.1) is 18.3 Å². The Balaban J connectivity index is 1.38. The minimum atomic E-state index is -0.522. The Kier molecular flexibility index (Phi) is 5.39. The molecular weight excluding hydrogens is 392 g/mol. The molecule has 0 aliphatic rings. The van der Waals surface area contributed by atoms with Crippen LogP contribution in [0.3, 0.4) is 0 Å². The molecule has 2 heterocycles. The molecule has 0 saturated carbocycles. The van der Waals surface area contributed by atoms with Gasteiger partial charge in [0.15, 0.2) is 6.61 Å². The minimum Gasteiger partial charge on any atom is -0.452 e. The van der Waals surface area contributed by atoms with E-state index in [0.717, 1.165) is 16.7 Å². The lowest BCUT2D eigenvalue weighted by molar-refractivity contribution is 0.0429. The van der Waals surface area contributed by atoms with Crippen molar-refractivity contribution in [3.8, 4) is 11.4 Å². The van der Waals surface area contributed by atoms with Crippen LogP contribution in [0, 0.1) is 6.92 Å². The van der Waals surface area contributed by atoms with Crippen molar-refractivity contribution in [1.29, 1.82) is 0 Å². The van der Waals surface area contributed by atoms with Crippen molar-refractivity contribution in [1.82, 2.24) is 19.9 Å². The second kappa shape index (κ2) is 8.28. The Labute approximate surface area is 171 Å². The predicted molar refractivity (Wildman–Crippen MR) is 106 cm³/mol. The zero-order valence-corrected chi connectivity index (χ0v) is 16.3. The smallest absolute Gasteiger partial charge is 0.341 e. The average Bonchev–Trinajstić information content (AvgIpc) is 3.38. The largest absolute Gasteiger partial charge is 0.452 e. The van der Waals surface area contributed by atoms with Gasteiger partial charge in [0, 0.05) is 16.8 Å². The highest BCUT2D eigenvalue weighted by atomic mass is 35.5. The fourth-order valence-corrected chi connectivity index (χ4v) is 3.01. The average molecular weight is 409 g/mol. The highest BCUT2D eigenvalue weighted by Gasteiger charge is 2.15. The first kappa shape index (κ1) is 18.9. The molecule has 0 aliphatic heterocycles. The molecule has 0 bridgehead atoms. The monoisotopic (exact) mass is 408 g/mol. The number of benzene rings is 2. The number of rotatable bonds is 6. The first-order valence-corrected chi connectivity index (χ1v) is 9.29. The number of halogens is 1. The van der Waals surface area contributed by atoms with Crippen LogP contribution in [-0.4, -0.2) is 25.9 Å². The van der Waals surface area contributed by atoms with E-state index < -0.39 is 5.97 Å². The lowest BCUT2D eigenvalue weighted by Gasteiger charge is -2.03. The molecule has 0 N–H and O–H groups in total. The molecule has 2 aromatic heterocycles. The van der Waals surface area contributed by atoms with Gasteiger partial charge in [-0.15, -0.1) is 0 Å². The van der Waals surface area contributed by atoms with Crippen LogP contribution in [0.5, 0.6) is 0 Å². The number of carbonyl (C=O) groups is 1. The molecule has 146 valence electrons. The zero-order valence-electron chi connectivity index (χ0n) is 15.6. The van der Waals surface area contributed by atoms with Crippen LogP contribution in [-0.2, 0) is 17.9 Å². The Hall–Kier alpha value is -3.45. The number of carbonyl (C=O) groups excluding carboxylic acids is 1. The van der Waals surface area contributed by atoms with E-state index in [1.807, 2.05) is 55.5 Å². The highest BCUT2D eigenvalue weighted by Crippen LogP contribution is 2.20. The van der Waals surface area contributed by atoms with Gasteiger partial charge in [-0.05, 0) is 24.1 Å². The summed E-state index contributed by atoms with van der Waals surface area (Å²) in [7, 11) is 0. The van der Waals surface area contributed by atoms with Gasteiger partial charge in [-0.3, -0.25) is 4.68 Å². The molecule has 0 fully saturated rings. The van der Waals surface area contributed by atoms with E-state index in [2.05, 4.69) is 15.2 Å². The second-order valence-electron chi connectivity index (χ2n) is 6.42. The Morgan fingerprint density at radius 2 is 1.97 bits per heavy atom. The van der Waals surface area contributed by atoms with Gasteiger partial charge in [0.2, 0.25) is 5.82 Å². The molecule has 0 unspecified atom stereocenters. The quantitative estimate of drug-likeness (QED) is 0.442. The zero-order chi connectivity index (χ0) is 20.2. The van der Waals surface area contributed by atoms with E-state index in [1.54, 1.807) is 10.9 Å². The van der Waals surface area contributed by atoms with Gasteiger partial charge in [-0.1, -0.05) is 59.2 Å². The van der Waals surface area contributed by atoms with E-state index in [4.69, 9.17) is 20.9 Å². The summed E-state index contributed by atoms with van der Waals surface area (Å²) in [6, 6.07) is 15.2. The summed E-state index contributed by atoms with van der Waals surface area (Å²) in [4.78, 5) is 16.6.